The lowest BCUT2D eigenvalue weighted by Crippen LogP contribution is -2.16. The number of anilines is 1. The Morgan fingerprint density at radius 1 is 1.03 bits per heavy atom. The molecular formula is C28H28N2O3S. The predicted octanol–water partition coefficient (Wildman–Crippen LogP) is 6.88. The maximum atomic E-state index is 13.6. The van der Waals surface area contributed by atoms with E-state index in [1.807, 2.05) is 63.2 Å². The molecule has 4 aromatic rings. The number of benzene rings is 2. The van der Waals surface area contributed by atoms with Gasteiger partial charge in [0.15, 0.2) is 0 Å². The minimum atomic E-state index is -0.408. The minimum Gasteiger partial charge on any atom is -0.462 e. The summed E-state index contributed by atoms with van der Waals surface area (Å²) < 4.78 is 5.29. The molecule has 0 aliphatic rings. The zero-order valence-corrected chi connectivity index (χ0v) is 20.9. The minimum absolute atomic E-state index is 0.276. The van der Waals surface area contributed by atoms with Gasteiger partial charge in [-0.1, -0.05) is 48.9 Å². The monoisotopic (exact) mass is 472 g/mol. The first-order chi connectivity index (χ1) is 16.3. The topological polar surface area (TPSA) is 68.3 Å². The number of para-hydroxylation sites is 1. The molecule has 2 aromatic carbocycles. The van der Waals surface area contributed by atoms with Gasteiger partial charge in [-0.25, -0.2) is 9.78 Å². The Morgan fingerprint density at radius 2 is 1.79 bits per heavy atom. The number of hydrogen-bond donors (Lipinski definition) is 1. The SMILES string of the molecule is CCOC(=O)c1c(NC(=O)c2cc(-c3ccc(C)cc3C)nc3ccccc23)sc(C)c1CC. The third-order valence-corrected chi connectivity index (χ3v) is 6.95. The first-order valence-corrected chi connectivity index (χ1v) is 12.2. The summed E-state index contributed by atoms with van der Waals surface area (Å²) in [6.45, 7) is 10.1. The van der Waals surface area contributed by atoms with Gasteiger partial charge >= 0.3 is 5.97 Å². The number of ether oxygens (including phenoxy) is 1. The highest BCUT2D eigenvalue weighted by atomic mass is 32.1. The number of aryl methyl sites for hydroxylation is 3. The zero-order chi connectivity index (χ0) is 24.4. The molecule has 1 amide bonds. The molecule has 2 aromatic heterocycles. The third kappa shape index (κ3) is 4.46. The van der Waals surface area contributed by atoms with Crippen LogP contribution in [0.15, 0.2) is 48.5 Å². The van der Waals surface area contributed by atoms with E-state index in [1.165, 1.54) is 16.9 Å². The number of carbonyl (C=O) groups excluding carboxylic acids is 2. The molecule has 0 spiro atoms. The summed E-state index contributed by atoms with van der Waals surface area (Å²) in [5.41, 5.74) is 6.61. The number of aromatic nitrogens is 1. The average Bonchev–Trinajstić information content (AvgIpc) is 3.13. The Kier molecular flexibility index (Phi) is 6.80. The van der Waals surface area contributed by atoms with Crippen LogP contribution in [0.5, 0.6) is 0 Å². The molecule has 0 aliphatic carbocycles. The highest BCUT2D eigenvalue weighted by molar-refractivity contribution is 7.16. The van der Waals surface area contributed by atoms with Gasteiger partial charge in [0.05, 0.1) is 28.9 Å². The van der Waals surface area contributed by atoms with Crippen LogP contribution < -0.4 is 5.32 Å². The fraction of sp³-hybridized carbons (Fsp3) is 0.250. The van der Waals surface area contributed by atoms with E-state index in [2.05, 4.69) is 18.3 Å². The van der Waals surface area contributed by atoms with Crippen molar-refractivity contribution in [3.05, 3.63) is 81.2 Å². The summed E-state index contributed by atoms with van der Waals surface area (Å²) in [5.74, 6) is -0.686. The number of carbonyl (C=O) groups is 2. The fourth-order valence-corrected chi connectivity index (χ4v) is 5.41. The van der Waals surface area contributed by atoms with Crippen LogP contribution in [0.1, 0.15) is 56.1 Å². The summed E-state index contributed by atoms with van der Waals surface area (Å²) in [6, 6.07) is 15.6. The molecule has 1 N–H and O–H groups in total. The summed E-state index contributed by atoms with van der Waals surface area (Å²) in [7, 11) is 0. The summed E-state index contributed by atoms with van der Waals surface area (Å²) in [5, 5.41) is 4.29. The molecular weight excluding hydrogens is 444 g/mol. The molecule has 0 saturated carbocycles. The normalized spacial score (nSPS) is 11.0. The molecule has 174 valence electrons. The summed E-state index contributed by atoms with van der Waals surface area (Å²) in [6.07, 6.45) is 0.682. The number of pyridine rings is 1. The van der Waals surface area contributed by atoms with E-state index < -0.39 is 5.97 Å². The van der Waals surface area contributed by atoms with Crippen LogP contribution in [0.3, 0.4) is 0 Å². The van der Waals surface area contributed by atoms with Crippen molar-refractivity contribution in [3.63, 3.8) is 0 Å². The highest BCUT2D eigenvalue weighted by Crippen LogP contribution is 2.35. The number of amides is 1. The third-order valence-electron chi connectivity index (χ3n) is 5.89. The van der Waals surface area contributed by atoms with Crippen molar-refractivity contribution >= 4 is 39.1 Å². The van der Waals surface area contributed by atoms with Crippen molar-refractivity contribution < 1.29 is 14.3 Å². The second-order valence-electron chi connectivity index (χ2n) is 8.26. The largest absolute Gasteiger partial charge is 0.462 e. The quantitative estimate of drug-likeness (QED) is 0.311. The van der Waals surface area contributed by atoms with E-state index in [0.29, 0.717) is 22.5 Å². The van der Waals surface area contributed by atoms with Crippen LogP contribution in [-0.4, -0.2) is 23.5 Å². The lowest BCUT2D eigenvalue weighted by molar-refractivity contribution is 0.0527. The van der Waals surface area contributed by atoms with Crippen molar-refractivity contribution in [2.75, 3.05) is 11.9 Å². The van der Waals surface area contributed by atoms with E-state index in [0.717, 1.165) is 38.2 Å². The predicted molar refractivity (Wildman–Crippen MR) is 139 cm³/mol. The number of esters is 1. The molecule has 0 aliphatic heterocycles. The maximum absolute atomic E-state index is 13.6. The van der Waals surface area contributed by atoms with Gasteiger partial charge in [0.1, 0.15) is 5.00 Å². The number of hydrogen-bond acceptors (Lipinski definition) is 5. The van der Waals surface area contributed by atoms with E-state index in [-0.39, 0.29) is 12.5 Å². The Hall–Kier alpha value is -3.51. The molecule has 0 radical (unpaired) electrons. The summed E-state index contributed by atoms with van der Waals surface area (Å²) in [4.78, 5) is 32.2. The Labute approximate surface area is 203 Å². The summed E-state index contributed by atoms with van der Waals surface area (Å²) >= 11 is 1.40. The highest BCUT2D eigenvalue weighted by Gasteiger charge is 2.24. The first kappa shape index (κ1) is 23.6. The van der Waals surface area contributed by atoms with E-state index in [1.54, 1.807) is 6.92 Å². The molecule has 6 heteroatoms. The van der Waals surface area contributed by atoms with Crippen molar-refractivity contribution in [1.29, 1.82) is 0 Å². The second-order valence-corrected chi connectivity index (χ2v) is 9.48. The molecule has 0 saturated heterocycles. The number of nitrogens with one attached hydrogen (secondary N) is 1. The molecule has 4 rings (SSSR count). The maximum Gasteiger partial charge on any atom is 0.341 e. The lowest BCUT2D eigenvalue weighted by atomic mass is 9.99. The van der Waals surface area contributed by atoms with Gasteiger partial charge in [-0.2, -0.15) is 0 Å². The van der Waals surface area contributed by atoms with Gasteiger partial charge in [0.2, 0.25) is 0 Å². The van der Waals surface area contributed by atoms with Crippen LogP contribution >= 0.6 is 11.3 Å². The van der Waals surface area contributed by atoms with Gasteiger partial charge in [-0.3, -0.25) is 4.79 Å². The zero-order valence-electron chi connectivity index (χ0n) is 20.1. The number of nitrogens with zero attached hydrogens (tertiary/aromatic N) is 1. The van der Waals surface area contributed by atoms with Crippen molar-refractivity contribution in [3.8, 4) is 11.3 Å². The van der Waals surface area contributed by atoms with E-state index in [4.69, 9.17) is 9.72 Å². The van der Waals surface area contributed by atoms with Gasteiger partial charge in [0.25, 0.3) is 5.91 Å². The van der Waals surface area contributed by atoms with E-state index in [9.17, 15) is 9.59 Å². The van der Waals surface area contributed by atoms with Crippen LogP contribution in [-0.2, 0) is 11.2 Å². The van der Waals surface area contributed by atoms with Crippen molar-refractivity contribution in [2.24, 2.45) is 0 Å². The van der Waals surface area contributed by atoms with Crippen LogP contribution in [0.25, 0.3) is 22.2 Å². The van der Waals surface area contributed by atoms with Crippen molar-refractivity contribution in [1.82, 2.24) is 4.98 Å². The molecule has 0 bridgehead atoms. The molecule has 34 heavy (non-hydrogen) atoms. The molecule has 0 fully saturated rings. The Bertz CT molecular complexity index is 1400. The number of fused-ring (bicyclic) bond motifs is 1. The fourth-order valence-electron chi connectivity index (χ4n) is 4.28. The second kappa shape index (κ2) is 9.77. The Morgan fingerprint density at radius 3 is 2.50 bits per heavy atom. The van der Waals surface area contributed by atoms with Gasteiger partial charge in [-0.15, -0.1) is 11.3 Å². The average molecular weight is 473 g/mol. The standard InChI is InChI=1S/C28H28N2O3S/c1-6-19-18(5)34-27(25(19)28(32)33-7-2)30-26(31)22-15-24(20-13-12-16(3)14-17(20)4)29-23-11-9-8-10-21(22)23/h8-15H,6-7H2,1-5H3,(H,30,31). The molecule has 0 atom stereocenters. The van der Waals surface area contributed by atoms with Crippen LogP contribution in [0, 0.1) is 20.8 Å². The smallest absolute Gasteiger partial charge is 0.341 e. The van der Waals surface area contributed by atoms with E-state index >= 15 is 0 Å². The molecule has 5 nitrogen and oxygen atoms in total. The van der Waals surface area contributed by atoms with Gasteiger partial charge in [0, 0.05) is 15.8 Å². The number of rotatable bonds is 6. The first-order valence-electron chi connectivity index (χ1n) is 11.4. The molecule has 0 unspecified atom stereocenters. The Balaban J connectivity index is 1.82. The van der Waals surface area contributed by atoms with Crippen LogP contribution in [0.2, 0.25) is 0 Å². The van der Waals surface area contributed by atoms with Crippen LogP contribution in [0.4, 0.5) is 5.00 Å². The lowest BCUT2D eigenvalue weighted by Gasteiger charge is -2.13. The van der Waals surface area contributed by atoms with Gasteiger partial charge in [-0.05, 0) is 57.4 Å². The number of thiophene rings is 1. The molecule has 2 heterocycles. The van der Waals surface area contributed by atoms with Crippen molar-refractivity contribution in [2.45, 2.75) is 41.0 Å². The van der Waals surface area contributed by atoms with Gasteiger partial charge < -0.3 is 10.1 Å².